The van der Waals surface area contributed by atoms with Crippen LogP contribution in [0.2, 0.25) is 0 Å². The molecule has 6 nitrogen and oxygen atoms in total. The van der Waals surface area contributed by atoms with Gasteiger partial charge in [0, 0.05) is 12.8 Å². The van der Waals surface area contributed by atoms with Crippen molar-refractivity contribution in [2.45, 2.75) is 18.7 Å². The molecule has 0 unspecified atom stereocenters. The van der Waals surface area contributed by atoms with E-state index in [0.29, 0.717) is 11.5 Å². The first-order chi connectivity index (χ1) is 9.18. The Kier molecular flexibility index (Phi) is 5.18. The van der Waals surface area contributed by atoms with Gasteiger partial charge < -0.3 is 15.8 Å². The molecule has 0 radical (unpaired) electrons. The normalized spacial score (nSPS) is 11.2. The highest BCUT2D eigenvalue weighted by Crippen LogP contribution is 2.39. The van der Waals surface area contributed by atoms with E-state index in [1.807, 2.05) is 0 Å². The molecule has 8 heteroatoms. The van der Waals surface area contributed by atoms with Crippen LogP contribution in [0, 0.1) is 0 Å². The first kappa shape index (κ1) is 16.5. The third-order valence-electron chi connectivity index (χ3n) is 2.28. The van der Waals surface area contributed by atoms with Crippen molar-refractivity contribution in [1.82, 2.24) is 0 Å². The molecule has 0 amide bonds. The van der Waals surface area contributed by atoms with Gasteiger partial charge in [-0.3, -0.25) is 0 Å². The number of thiophene rings is 1. The van der Waals surface area contributed by atoms with Crippen LogP contribution in [0.1, 0.15) is 23.5 Å². The third kappa shape index (κ3) is 3.73. The summed E-state index contributed by atoms with van der Waals surface area (Å²) in [5.41, 5.74) is 6.55. The van der Waals surface area contributed by atoms with Gasteiger partial charge in [0.1, 0.15) is 14.8 Å². The van der Waals surface area contributed by atoms with Gasteiger partial charge in [-0.05, 0) is 13.8 Å². The van der Waals surface area contributed by atoms with Gasteiger partial charge in [-0.15, -0.1) is 11.3 Å². The number of rotatable bonds is 6. The molecule has 1 aromatic rings. The van der Waals surface area contributed by atoms with E-state index < -0.39 is 15.8 Å². The Morgan fingerprint density at radius 3 is 2.55 bits per heavy atom. The molecule has 112 valence electrons. The van der Waals surface area contributed by atoms with Crippen LogP contribution in [0.25, 0.3) is 0 Å². The van der Waals surface area contributed by atoms with Gasteiger partial charge in [0.2, 0.25) is 0 Å². The van der Waals surface area contributed by atoms with Crippen molar-refractivity contribution in [2.24, 2.45) is 0 Å². The maximum atomic E-state index is 11.8. The fraction of sp³-hybridized carbons (Fsp3) is 0.417. The molecule has 0 aromatic carbocycles. The zero-order valence-corrected chi connectivity index (χ0v) is 13.3. The van der Waals surface area contributed by atoms with Crippen molar-refractivity contribution in [3.8, 4) is 0 Å². The number of hydrogen-bond acceptors (Lipinski definition) is 7. The highest BCUT2D eigenvalue weighted by atomic mass is 32.2. The number of nitrogens with one attached hydrogen (secondary N) is 1. The number of ether oxygens (including phenoxy) is 1. The van der Waals surface area contributed by atoms with Gasteiger partial charge in [0.15, 0.2) is 9.84 Å². The molecule has 20 heavy (non-hydrogen) atoms. The highest BCUT2D eigenvalue weighted by molar-refractivity contribution is 7.91. The molecule has 0 aliphatic rings. The van der Waals surface area contributed by atoms with Crippen LogP contribution in [-0.2, 0) is 14.6 Å². The van der Waals surface area contributed by atoms with E-state index >= 15 is 0 Å². The quantitative estimate of drug-likeness (QED) is 0.614. The van der Waals surface area contributed by atoms with Crippen molar-refractivity contribution >= 4 is 37.8 Å². The lowest BCUT2D eigenvalue weighted by molar-refractivity contribution is 0.0533. The molecular weight excluding hydrogens is 300 g/mol. The number of carbonyl (C=O) groups excluding carboxylic acids is 1. The van der Waals surface area contributed by atoms with E-state index in [1.54, 1.807) is 13.8 Å². The third-order valence-corrected chi connectivity index (χ3v) is 4.72. The summed E-state index contributed by atoms with van der Waals surface area (Å²) < 4.78 is 28.5. The molecular formula is C12H18N2O4S2. The van der Waals surface area contributed by atoms with Crippen LogP contribution in [-0.4, -0.2) is 33.8 Å². The van der Waals surface area contributed by atoms with Crippen molar-refractivity contribution in [3.05, 3.63) is 17.0 Å². The summed E-state index contributed by atoms with van der Waals surface area (Å²) in [5.74, 6) is -0.622. The van der Waals surface area contributed by atoms with E-state index in [1.165, 1.54) is 0 Å². The average molecular weight is 318 g/mol. The lowest BCUT2D eigenvalue weighted by Gasteiger charge is -2.06. The lowest BCUT2D eigenvalue weighted by atomic mass is 10.3. The molecule has 0 atom stereocenters. The molecule has 0 saturated carbocycles. The predicted octanol–water partition coefficient (Wildman–Crippen LogP) is 1.90. The summed E-state index contributed by atoms with van der Waals surface area (Å²) in [6.45, 7) is 7.78. The van der Waals surface area contributed by atoms with Gasteiger partial charge in [-0.1, -0.05) is 12.2 Å². The summed E-state index contributed by atoms with van der Waals surface area (Å²) in [7, 11) is -3.55. The molecule has 0 saturated heterocycles. The summed E-state index contributed by atoms with van der Waals surface area (Å²) in [4.78, 5) is 11.8. The van der Waals surface area contributed by atoms with Gasteiger partial charge in [0.05, 0.1) is 12.3 Å². The van der Waals surface area contributed by atoms with Crippen LogP contribution in [0.3, 0.4) is 0 Å². The fourth-order valence-electron chi connectivity index (χ4n) is 1.49. The first-order valence-electron chi connectivity index (χ1n) is 5.86. The molecule has 0 fully saturated rings. The minimum atomic E-state index is -3.55. The van der Waals surface area contributed by atoms with Crippen molar-refractivity contribution < 1.29 is 17.9 Å². The van der Waals surface area contributed by atoms with E-state index in [2.05, 4.69) is 11.9 Å². The standard InChI is InChI=1S/C12H18N2O4S2/c1-5-18-12(15)9-8(13)10(20(4,16)17)11(19-9)14-6-7(2)3/h14H,2,5-6,13H2,1,3-4H3. The summed E-state index contributed by atoms with van der Waals surface area (Å²) in [6.07, 6.45) is 1.05. The average Bonchev–Trinajstić information content (AvgIpc) is 2.63. The smallest absolute Gasteiger partial charge is 0.350 e. The zero-order chi connectivity index (χ0) is 15.5. The fourth-order valence-corrected chi connectivity index (χ4v) is 3.95. The summed E-state index contributed by atoms with van der Waals surface area (Å²) >= 11 is 0.972. The number of carbonyl (C=O) groups is 1. The second-order valence-corrected chi connectivity index (χ2v) is 7.28. The SMILES string of the molecule is C=C(C)CNc1sc(C(=O)OCC)c(N)c1S(C)(=O)=O. The molecule has 0 spiro atoms. The summed E-state index contributed by atoms with van der Waals surface area (Å²) in [6, 6.07) is 0. The number of esters is 1. The van der Waals surface area contributed by atoms with Crippen LogP contribution in [0.5, 0.6) is 0 Å². The molecule has 3 N–H and O–H groups in total. The highest BCUT2D eigenvalue weighted by Gasteiger charge is 2.27. The van der Waals surface area contributed by atoms with Crippen molar-refractivity contribution in [3.63, 3.8) is 0 Å². The molecule has 1 rings (SSSR count). The Bertz CT molecular complexity index is 632. The minimum absolute atomic E-state index is 0.0631. The Morgan fingerprint density at radius 2 is 2.10 bits per heavy atom. The lowest BCUT2D eigenvalue weighted by Crippen LogP contribution is -2.08. The van der Waals surface area contributed by atoms with E-state index in [4.69, 9.17) is 10.5 Å². The molecule has 0 aliphatic carbocycles. The Labute approximate surface area is 122 Å². The summed E-state index contributed by atoms with van der Waals surface area (Å²) in [5, 5.41) is 3.26. The van der Waals surface area contributed by atoms with Gasteiger partial charge in [-0.25, -0.2) is 13.2 Å². The minimum Gasteiger partial charge on any atom is -0.462 e. The molecule has 1 heterocycles. The Morgan fingerprint density at radius 1 is 1.50 bits per heavy atom. The van der Waals surface area contributed by atoms with Gasteiger partial charge in [0.25, 0.3) is 0 Å². The maximum absolute atomic E-state index is 11.8. The number of nitrogen functional groups attached to an aromatic ring is 1. The maximum Gasteiger partial charge on any atom is 0.350 e. The van der Waals surface area contributed by atoms with Crippen LogP contribution >= 0.6 is 11.3 Å². The Balaban J connectivity index is 3.31. The largest absolute Gasteiger partial charge is 0.462 e. The number of anilines is 2. The van der Waals surface area contributed by atoms with E-state index in [9.17, 15) is 13.2 Å². The van der Waals surface area contributed by atoms with Crippen molar-refractivity contribution in [2.75, 3.05) is 30.5 Å². The second kappa shape index (κ2) is 6.27. The van der Waals surface area contributed by atoms with Crippen molar-refractivity contribution in [1.29, 1.82) is 0 Å². The molecule has 0 aliphatic heterocycles. The Hall–Kier alpha value is -1.54. The van der Waals surface area contributed by atoms with Crippen LogP contribution < -0.4 is 11.1 Å². The number of hydrogen-bond donors (Lipinski definition) is 2. The van der Waals surface area contributed by atoms with E-state index in [-0.39, 0.29) is 22.1 Å². The van der Waals surface area contributed by atoms with Gasteiger partial charge >= 0.3 is 5.97 Å². The second-order valence-electron chi connectivity index (χ2n) is 4.31. The monoisotopic (exact) mass is 318 g/mol. The first-order valence-corrected chi connectivity index (χ1v) is 8.57. The topological polar surface area (TPSA) is 98.5 Å². The zero-order valence-electron chi connectivity index (χ0n) is 11.6. The predicted molar refractivity (Wildman–Crippen MR) is 81.1 cm³/mol. The number of nitrogens with two attached hydrogens (primary N) is 1. The molecule has 0 bridgehead atoms. The van der Waals surface area contributed by atoms with Gasteiger partial charge in [-0.2, -0.15) is 0 Å². The van der Waals surface area contributed by atoms with E-state index in [0.717, 1.165) is 23.2 Å². The number of sulfone groups is 1. The van der Waals surface area contributed by atoms with Crippen LogP contribution in [0.4, 0.5) is 10.7 Å². The molecule has 1 aromatic heterocycles. The van der Waals surface area contributed by atoms with Crippen LogP contribution in [0.15, 0.2) is 17.0 Å².